The molecule has 0 saturated heterocycles. The normalized spacial score (nSPS) is 9.88. The van der Waals surface area contributed by atoms with Gasteiger partial charge in [-0.3, -0.25) is 9.78 Å². The minimum atomic E-state index is -0.129. The van der Waals surface area contributed by atoms with Crippen molar-refractivity contribution in [2.75, 3.05) is 5.73 Å². The van der Waals surface area contributed by atoms with Gasteiger partial charge in [0.1, 0.15) is 0 Å². The Morgan fingerprint density at radius 3 is 2.59 bits per heavy atom. The maximum Gasteiger partial charge on any atom is 0.251 e. The first-order chi connectivity index (χ1) is 8.27. The van der Waals surface area contributed by atoms with Gasteiger partial charge in [0, 0.05) is 30.2 Å². The highest BCUT2D eigenvalue weighted by Gasteiger charge is 2.05. The molecule has 0 unspecified atom stereocenters. The van der Waals surface area contributed by atoms with Crippen LogP contribution in [0.3, 0.4) is 0 Å². The molecule has 0 bridgehead atoms. The zero-order valence-electron chi connectivity index (χ0n) is 9.26. The average molecular weight is 227 g/mol. The Hall–Kier alpha value is -2.36. The summed E-state index contributed by atoms with van der Waals surface area (Å²) in [4.78, 5) is 15.6. The maximum absolute atomic E-state index is 11.7. The van der Waals surface area contributed by atoms with Crippen LogP contribution in [0, 0.1) is 0 Å². The summed E-state index contributed by atoms with van der Waals surface area (Å²) in [5.74, 6) is -0.129. The van der Waals surface area contributed by atoms with E-state index in [4.69, 9.17) is 5.73 Å². The van der Waals surface area contributed by atoms with Crippen LogP contribution in [0.5, 0.6) is 0 Å². The fourth-order valence-corrected chi connectivity index (χ4v) is 1.48. The van der Waals surface area contributed by atoms with Crippen molar-refractivity contribution < 1.29 is 4.79 Å². The lowest BCUT2D eigenvalue weighted by Crippen LogP contribution is -2.23. The van der Waals surface area contributed by atoms with Crippen LogP contribution in [-0.2, 0) is 6.54 Å². The van der Waals surface area contributed by atoms with E-state index in [0.717, 1.165) is 5.56 Å². The van der Waals surface area contributed by atoms with Crippen molar-refractivity contribution in [2.24, 2.45) is 0 Å². The summed E-state index contributed by atoms with van der Waals surface area (Å²) in [7, 11) is 0. The predicted molar refractivity (Wildman–Crippen MR) is 66.3 cm³/mol. The third-order valence-electron chi connectivity index (χ3n) is 2.44. The lowest BCUT2D eigenvalue weighted by molar-refractivity contribution is 0.0951. The molecule has 0 aliphatic heterocycles. The third-order valence-corrected chi connectivity index (χ3v) is 2.44. The number of pyridine rings is 1. The standard InChI is InChI=1S/C13H13N3O/c14-12-4-2-1-3-11(12)9-16-13(17)10-5-7-15-8-6-10/h1-8H,9,14H2,(H,16,17). The Kier molecular flexibility index (Phi) is 3.35. The minimum absolute atomic E-state index is 0.129. The first-order valence-electron chi connectivity index (χ1n) is 5.29. The molecule has 17 heavy (non-hydrogen) atoms. The largest absolute Gasteiger partial charge is 0.398 e. The first-order valence-corrected chi connectivity index (χ1v) is 5.29. The number of amides is 1. The number of hydrogen-bond acceptors (Lipinski definition) is 3. The van der Waals surface area contributed by atoms with Gasteiger partial charge in [-0.05, 0) is 23.8 Å². The molecule has 0 saturated carbocycles. The number of nitrogens with one attached hydrogen (secondary N) is 1. The molecule has 0 fully saturated rings. The van der Waals surface area contributed by atoms with Gasteiger partial charge in [-0.15, -0.1) is 0 Å². The summed E-state index contributed by atoms with van der Waals surface area (Å²) in [6.07, 6.45) is 3.18. The lowest BCUT2D eigenvalue weighted by atomic mass is 10.2. The molecule has 0 spiro atoms. The molecule has 2 rings (SSSR count). The van der Waals surface area contributed by atoms with Gasteiger partial charge in [0.15, 0.2) is 0 Å². The van der Waals surface area contributed by atoms with Gasteiger partial charge < -0.3 is 11.1 Å². The van der Waals surface area contributed by atoms with Crippen LogP contribution in [-0.4, -0.2) is 10.9 Å². The van der Waals surface area contributed by atoms with Crippen molar-refractivity contribution in [3.63, 3.8) is 0 Å². The molecule has 0 aliphatic carbocycles. The van der Waals surface area contributed by atoms with E-state index < -0.39 is 0 Å². The van der Waals surface area contributed by atoms with Crippen LogP contribution in [0.1, 0.15) is 15.9 Å². The molecular formula is C13H13N3O. The number of anilines is 1. The van der Waals surface area contributed by atoms with Gasteiger partial charge in [0.25, 0.3) is 5.91 Å². The first kappa shape index (κ1) is 11.1. The Morgan fingerprint density at radius 1 is 1.18 bits per heavy atom. The van der Waals surface area contributed by atoms with Crippen LogP contribution < -0.4 is 11.1 Å². The van der Waals surface area contributed by atoms with E-state index in [-0.39, 0.29) is 5.91 Å². The van der Waals surface area contributed by atoms with Crippen molar-refractivity contribution >= 4 is 11.6 Å². The molecule has 1 aromatic heterocycles. The molecule has 3 N–H and O–H groups in total. The van der Waals surface area contributed by atoms with Crippen LogP contribution in [0.25, 0.3) is 0 Å². The second-order valence-corrected chi connectivity index (χ2v) is 3.62. The number of carbonyl (C=O) groups excluding carboxylic acids is 1. The number of carbonyl (C=O) groups is 1. The summed E-state index contributed by atoms with van der Waals surface area (Å²) in [6, 6.07) is 10.8. The molecule has 1 heterocycles. The highest BCUT2D eigenvalue weighted by Crippen LogP contribution is 2.09. The molecular weight excluding hydrogens is 214 g/mol. The van der Waals surface area contributed by atoms with Gasteiger partial charge in [-0.1, -0.05) is 18.2 Å². The second kappa shape index (κ2) is 5.12. The molecule has 86 valence electrons. The molecule has 0 atom stereocenters. The summed E-state index contributed by atoms with van der Waals surface area (Å²) in [6.45, 7) is 0.424. The topological polar surface area (TPSA) is 68.0 Å². The van der Waals surface area contributed by atoms with E-state index in [1.165, 1.54) is 0 Å². The average Bonchev–Trinajstić information content (AvgIpc) is 2.38. The zero-order valence-corrected chi connectivity index (χ0v) is 9.26. The number of para-hydroxylation sites is 1. The van der Waals surface area contributed by atoms with Gasteiger partial charge in [0.2, 0.25) is 0 Å². The van der Waals surface area contributed by atoms with Crippen molar-refractivity contribution in [3.05, 3.63) is 59.9 Å². The quantitative estimate of drug-likeness (QED) is 0.782. The number of benzene rings is 1. The lowest BCUT2D eigenvalue weighted by Gasteiger charge is -2.07. The second-order valence-electron chi connectivity index (χ2n) is 3.62. The Bertz CT molecular complexity index is 511. The van der Waals surface area contributed by atoms with Gasteiger partial charge in [0.05, 0.1) is 0 Å². The molecule has 2 aromatic rings. The molecule has 0 aliphatic rings. The van der Waals surface area contributed by atoms with E-state index in [0.29, 0.717) is 17.8 Å². The van der Waals surface area contributed by atoms with E-state index in [1.54, 1.807) is 24.5 Å². The number of aromatic nitrogens is 1. The van der Waals surface area contributed by atoms with Crippen molar-refractivity contribution in [1.29, 1.82) is 0 Å². The van der Waals surface area contributed by atoms with E-state index >= 15 is 0 Å². The Morgan fingerprint density at radius 2 is 1.88 bits per heavy atom. The molecule has 0 radical (unpaired) electrons. The van der Waals surface area contributed by atoms with Gasteiger partial charge in [-0.25, -0.2) is 0 Å². The predicted octanol–water partition coefficient (Wildman–Crippen LogP) is 1.59. The van der Waals surface area contributed by atoms with E-state index in [2.05, 4.69) is 10.3 Å². The third kappa shape index (κ3) is 2.81. The van der Waals surface area contributed by atoms with Crippen LogP contribution in [0.15, 0.2) is 48.8 Å². The highest BCUT2D eigenvalue weighted by molar-refractivity contribution is 5.93. The number of hydrogen-bond donors (Lipinski definition) is 2. The van der Waals surface area contributed by atoms with E-state index in [1.807, 2.05) is 24.3 Å². The highest BCUT2D eigenvalue weighted by atomic mass is 16.1. The SMILES string of the molecule is Nc1ccccc1CNC(=O)c1ccncc1. The summed E-state index contributed by atoms with van der Waals surface area (Å²) < 4.78 is 0. The Labute approximate surface area is 99.5 Å². The smallest absolute Gasteiger partial charge is 0.251 e. The fourth-order valence-electron chi connectivity index (χ4n) is 1.48. The summed E-state index contributed by atoms with van der Waals surface area (Å²) in [5.41, 5.74) is 7.97. The molecule has 4 nitrogen and oxygen atoms in total. The van der Waals surface area contributed by atoms with Crippen molar-refractivity contribution in [3.8, 4) is 0 Å². The summed E-state index contributed by atoms with van der Waals surface area (Å²) in [5, 5.41) is 2.81. The zero-order chi connectivity index (χ0) is 12.1. The van der Waals surface area contributed by atoms with Crippen LogP contribution in [0.4, 0.5) is 5.69 Å². The van der Waals surface area contributed by atoms with Crippen molar-refractivity contribution in [2.45, 2.75) is 6.54 Å². The molecule has 1 aromatic carbocycles. The number of nitrogens with zero attached hydrogens (tertiary/aromatic N) is 1. The van der Waals surface area contributed by atoms with Crippen molar-refractivity contribution in [1.82, 2.24) is 10.3 Å². The fraction of sp³-hybridized carbons (Fsp3) is 0.0769. The Balaban J connectivity index is 2.00. The van der Waals surface area contributed by atoms with Crippen LogP contribution >= 0.6 is 0 Å². The molecule has 1 amide bonds. The monoisotopic (exact) mass is 227 g/mol. The minimum Gasteiger partial charge on any atom is -0.398 e. The van der Waals surface area contributed by atoms with Gasteiger partial charge in [-0.2, -0.15) is 0 Å². The summed E-state index contributed by atoms with van der Waals surface area (Å²) >= 11 is 0. The number of rotatable bonds is 3. The maximum atomic E-state index is 11.7. The molecule has 4 heteroatoms. The number of nitrogens with two attached hydrogens (primary N) is 1. The number of nitrogen functional groups attached to an aromatic ring is 1. The van der Waals surface area contributed by atoms with Gasteiger partial charge >= 0.3 is 0 Å². The van der Waals surface area contributed by atoms with E-state index in [9.17, 15) is 4.79 Å². The van der Waals surface area contributed by atoms with Crippen LogP contribution in [0.2, 0.25) is 0 Å².